The van der Waals surface area contributed by atoms with Crippen molar-refractivity contribution in [1.82, 2.24) is 29.5 Å². The second-order valence-corrected chi connectivity index (χ2v) is 9.60. The van der Waals surface area contributed by atoms with E-state index in [1.807, 2.05) is 40.6 Å². The van der Waals surface area contributed by atoms with Crippen LogP contribution in [0.4, 0.5) is 0 Å². The lowest BCUT2D eigenvalue weighted by Gasteiger charge is -2.35. The van der Waals surface area contributed by atoms with Crippen molar-refractivity contribution in [3.63, 3.8) is 0 Å². The monoisotopic (exact) mass is 418 g/mol. The van der Waals surface area contributed by atoms with Crippen molar-refractivity contribution in [2.45, 2.75) is 57.4 Å². The smallest absolute Gasteiger partial charge is 0.167 e. The molecule has 1 atom stereocenters. The highest BCUT2D eigenvalue weighted by atomic mass is 32.1. The minimum atomic E-state index is 0.460. The lowest BCUT2D eigenvalue weighted by atomic mass is 9.96. The zero-order valence-corrected chi connectivity index (χ0v) is 17.9. The Morgan fingerprint density at radius 1 is 1.13 bits per heavy atom. The molecule has 0 saturated carbocycles. The first-order valence-corrected chi connectivity index (χ1v) is 12.0. The van der Waals surface area contributed by atoms with Gasteiger partial charge >= 0.3 is 0 Å². The number of nitrogens with zero attached hydrogens (tertiary/aromatic N) is 6. The molecular formula is C23H26N6S. The molecule has 0 bridgehead atoms. The fourth-order valence-electron chi connectivity index (χ4n) is 5.16. The summed E-state index contributed by atoms with van der Waals surface area (Å²) in [7, 11) is 0. The fraction of sp³-hybridized carbons (Fsp3) is 0.478. The molecule has 2 aliphatic rings. The van der Waals surface area contributed by atoms with Crippen molar-refractivity contribution in [2.75, 3.05) is 13.1 Å². The number of pyridine rings is 1. The summed E-state index contributed by atoms with van der Waals surface area (Å²) in [6, 6.07) is 4.72. The molecule has 30 heavy (non-hydrogen) atoms. The fourth-order valence-corrected chi connectivity index (χ4v) is 6.38. The lowest BCUT2D eigenvalue weighted by Crippen LogP contribution is -2.35. The highest BCUT2D eigenvalue weighted by Crippen LogP contribution is 2.37. The highest BCUT2D eigenvalue weighted by molar-refractivity contribution is 7.19. The summed E-state index contributed by atoms with van der Waals surface area (Å²) < 4.78 is 1.90. The van der Waals surface area contributed by atoms with Gasteiger partial charge in [0.25, 0.3) is 0 Å². The molecule has 154 valence electrons. The van der Waals surface area contributed by atoms with E-state index in [9.17, 15) is 0 Å². The Morgan fingerprint density at radius 3 is 3.03 bits per heavy atom. The number of fused-ring (bicyclic) bond motifs is 5. The maximum absolute atomic E-state index is 4.98. The van der Waals surface area contributed by atoms with Gasteiger partial charge in [0.15, 0.2) is 11.5 Å². The van der Waals surface area contributed by atoms with Crippen LogP contribution < -0.4 is 0 Å². The Balaban J connectivity index is 1.27. The zero-order chi connectivity index (χ0) is 19.9. The second kappa shape index (κ2) is 7.71. The van der Waals surface area contributed by atoms with Crippen molar-refractivity contribution in [1.29, 1.82) is 0 Å². The number of hydrogen-bond acceptors (Lipinski definition) is 6. The van der Waals surface area contributed by atoms with Crippen LogP contribution >= 0.6 is 11.3 Å². The molecule has 5 heterocycles. The van der Waals surface area contributed by atoms with E-state index in [1.165, 1.54) is 59.9 Å². The predicted octanol–water partition coefficient (Wildman–Crippen LogP) is 4.38. The Bertz CT molecular complexity index is 1180. The third kappa shape index (κ3) is 3.20. The maximum atomic E-state index is 4.98. The normalized spacial score (nSPS) is 20.1. The maximum Gasteiger partial charge on any atom is 0.167 e. The average Bonchev–Trinajstić information content (AvgIpc) is 3.39. The van der Waals surface area contributed by atoms with Crippen LogP contribution in [0.1, 0.15) is 60.0 Å². The highest BCUT2D eigenvalue weighted by Gasteiger charge is 2.25. The molecule has 0 unspecified atom stereocenters. The molecule has 1 saturated heterocycles. The predicted molar refractivity (Wildman–Crippen MR) is 119 cm³/mol. The van der Waals surface area contributed by atoms with Crippen molar-refractivity contribution in [3.8, 4) is 0 Å². The van der Waals surface area contributed by atoms with Crippen LogP contribution in [0, 0.1) is 0 Å². The summed E-state index contributed by atoms with van der Waals surface area (Å²) >= 11 is 1.85. The molecule has 1 fully saturated rings. The first-order valence-electron chi connectivity index (χ1n) is 11.2. The van der Waals surface area contributed by atoms with E-state index in [1.54, 1.807) is 0 Å². The summed E-state index contributed by atoms with van der Waals surface area (Å²) in [6.07, 6.45) is 15.2. The van der Waals surface area contributed by atoms with Crippen LogP contribution in [0.15, 0.2) is 30.9 Å². The van der Waals surface area contributed by atoms with E-state index < -0.39 is 0 Å². The van der Waals surface area contributed by atoms with Gasteiger partial charge in [-0.25, -0.2) is 14.5 Å². The van der Waals surface area contributed by atoms with E-state index in [0.29, 0.717) is 6.04 Å². The van der Waals surface area contributed by atoms with Crippen molar-refractivity contribution in [2.24, 2.45) is 0 Å². The molecule has 0 N–H and O–H groups in total. The minimum absolute atomic E-state index is 0.460. The summed E-state index contributed by atoms with van der Waals surface area (Å²) in [5, 5.41) is 6.03. The molecule has 1 aliphatic carbocycles. The lowest BCUT2D eigenvalue weighted by molar-refractivity contribution is 0.149. The van der Waals surface area contributed by atoms with E-state index >= 15 is 0 Å². The molecule has 0 aromatic carbocycles. The number of aryl methyl sites for hydroxylation is 2. The van der Waals surface area contributed by atoms with Crippen molar-refractivity contribution in [3.05, 3.63) is 52.7 Å². The van der Waals surface area contributed by atoms with E-state index in [4.69, 9.17) is 15.1 Å². The third-order valence-corrected chi connectivity index (χ3v) is 7.84. The number of thiophene rings is 1. The number of piperidine rings is 1. The number of aromatic nitrogens is 5. The molecule has 0 spiro atoms. The molecule has 0 amide bonds. The topological polar surface area (TPSA) is 59.2 Å². The minimum Gasteiger partial charge on any atom is -0.296 e. The van der Waals surface area contributed by atoms with Gasteiger partial charge < -0.3 is 0 Å². The second-order valence-electron chi connectivity index (χ2n) is 8.52. The number of likely N-dealkylation sites (tertiary alicyclic amines) is 1. The molecular weight excluding hydrogens is 392 g/mol. The van der Waals surface area contributed by atoms with Gasteiger partial charge in [-0.05, 0) is 62.3 Å². The molecule has 4 aromatic heterocycles. The van der Waals surface area contributed by atoms with Gasteiger partial charge in [0.2, 0.25) is 0 Å². The van der Waals surface area contributed by atoms with Gasteiger partial charge in [-0.3, -0.25) is 9.88 Å². The van der Waals surface area contributed by atoms with Gasteiger partial charge in [-0.1, -0.05) is 12.5 Å². The SMILES string of the molecule is c1cncc([C@@H]2CCCCN2CCc2nc3c4c5c(sc4ncn3n2)CCCC5)c1. The molecule has 6 rings (SSSR count). The van der Waals surface area contributed by atoms with Crippen LogP contribution in [0.25, 0.3) is 15.9 Å². The average molecular weight is 419 g/mol. The van der Waals surface area contributed by atoms with E-state index in [0.717, 1.165) is 42.2 Å². The summed E-state index contributed by atoms with van der Waals surface area (Å²) in [5.74, 6) is 0.926. The van der Waals surface area contributed by atoms with Crippen LogP contribution in [0.2, 0.25) is 0 Å². The van der Waals surface area contributed by atoms with Crippen LogP contribution in [-0.4, -0.2) is 42.6 Å². The zero-order valence-electron chi connectivity index (χ0n) is 17.1. The number of rotatable bonds is 4. The van der Waals surface area contributed by atoms with E-state index in [-0.39, 0.29) is 0 Å². The van der Waals surface area contributed by atoms with Crippen LogP contribution in [-0.2, 0) is 19.3 Å². The van der Waals surface area contributed by atoms with Gasteiger partial charge in [0.05, 0.1) is 5.39 Å². The summed E-state index contributed by atoms with van der Waals surface area (Å²) in [5.41, 5.74) is 3.80. The van der Waals surface area contributed by atoms with Gasteiger partial charge in [0.1, 0.15) is 11.2 Å². The molecule has 4 aromatic rings. The van der Waals surface area contributed by atoms with Gasteiger partial charge in [-0.15, -0.1) is 16.4 Å². The summed E-state index contributed by atoms with van der Waals surface area (Å²) in [4.78, 5) is 19.2. The van der Waals surface area contributed by atoms with Crippen molar-refractivity contribution < 1.29 is 0 Å². The molecule has 0 radical (unpaired) electrons. The van der Waals surface area contributed by atoms with Crippen LogP contribution in [0.5, 0.6) is 0 Å². The first-order chi connectivity index (χ1) is 14.9. The third-order valence-electron chi connectivity index (χ3n) is 6.64. The Kier molecular flexibility index (Phi) is 4.72. The first kappa shape index (κ1) is 18.4. The Hall–Kier alpha value is -2.38. The quantitative estimate of drug-likeness (QED) is 0.492. The molecule has 1 aliphatic heterocycles. The Labute approximate surface area is 180 Å². The summed E-state index contributed by atoms with van der Waals surface area (Å²) in [6.45, 7) is 2.12. The molecule has 6 nitrogen and oxygen atoms in total. The van der Waals surface area contributed by atoms with Crippen LogP contribution in [0.3, 0.4) is 0 Å². The standard InChI is InChI=1S/C23H26N6S/c1-2-9-19-17(7-1)21-22-26-20(27-29(22)15-25-23(21)30-19)10-13-28-12-4-3-8-18(28)16-6-5-11-24-14-16/h5-6,11,14-15,18H,1-4,7-10,12-13H2/t18-/m0/s1. The largest absolute Gasteiger partial charge is 0.296 e. The van der Waals surface area contributed by atoms with Gasteiger partial charge in [-0.2, -0.15) is 0 Å². The van der Waals surface area contributed by atoms with E-state index in [2.05, 4.69) is 16.0 Å². The Morgan fingerprint density at radius 2 is 2.10 bits per heavy atom. The number of hydrogen-bond donors (Lipinski definition) is 0. The van der Waals surface area contributed by atoms with Crippen molar-refractivity contribution >= 4 is 27.2 Å². The molecule has 7 heteroatoms. The van der Waals surface area contributed by atoms with Gasteiger partial charge in [0, 0.05) is 36.3 Å².